The number of carboxylic acid groups (broad SMARTS) is 1. The van der Waals surface area contributed by atoms with Crippen molar-refractivity contribution in [3.63, 3.8) is 0 Å². The van der Waals surface area contributed by atoms with Crippen LogP contribution in [0.2, 0.25) is 0 Å². The van der Waals surface area contributed by atoms with Gasteiger partial charge in [-0.15, -0.1) is 0 Å². The Bertz CT molecular complexity index is 984. The largest absolute Gasteiger partial charge is 0.492 e. The molecule has 1 atom stereocenters. The van der Waals surface area contributed by atoms with Crippen molar-refractivity contribution in [2.24, 2.45) is 5.41 Å². The number of aromatic nitrogens is 1. The van der Waals surface area contributed by atoms with E-state index in [0.29, 0.717) is 43.3 Å². The number of anilines is 1. The normalized spacial score (nSPS) is 18.2. The lowest BCUT2D eigenvalue weighted by Gasteiger charge is -2.43. The molecule has 0 bridgehead atoms. The Morgan fingerprint density at radius 3 is 2.43 bits per heavy atom. The number of piperidine rings is 1. The average Bonchev–Trinajstić information content (AvgIpc) is 2.70. The lowest BCUT2D eigenvalue weighted by atomic mass is 9.81. The van der Waals surface area contributed by atoms with Crippen molar-refractivity contribution in [1.82, 2.24) is 4.57 Å². The van der Waals surface area contributed by atoms with E-state index in [9.17, 15) is 24.2 Å². The summed E-state index contributed by atoms with van der Waals surface area (Å²) in [6.07, 6.45) is 1.67. The summed E-state index contributed by atoms with van der Waals surface area (Å²) in [5.41, 5.74) is 0.390. The summed E-state index contributed by atoms with van der Waals surface area (Å²) in [6, 6.07) is 3.43. The molecule has 1 saturated heterocycles. The fourth-order valence-corrected chi connectivity index (χ4v) is 3.97. The van der Waals surface area contributed by atoms with Crippen molar-refractivity contribution >= 4 is 22.6 Å². The van der Waals surface area contributed by atoms with Gasteiger partial charge in [-0.1, -0.05) is 13.8 Å². The van der Waals surface area contributed by atoms with Crippen LogP contribution in [0.5, 0.6) is 5.75 Å². The molecule has 0 amide bonds. The fourth-order valence-electron chi connectivity index (χ4n) is 3.97. The van der Waals surface area contributed by atoms with Crippen LogP contribution in [0.3, 0.4) is 0 Å². The third-order valence-electron chi connectivity index (χ3n) is 5.63. The number of alkyl halides is 1. The number of aliphatic hydroxyl groups excluding tert-OH is 1. The molecule has 1 fully saturated rings. The van der Waals surface area contributed by atoms with Crippen LogP contribution in [0.25, 0.3) is 10.9 Å². The Hall–Kier alpha value is -2.61. The molecule has 2 heterocycles. The summed E-state index contributed by atoms with van der Waals surface area (Å²) in [5.74, 6) is -0.691. The molecule has 2 N–H and O–H groups in total. The Kier molecular flexibility index (Phi) is 7.13. The van der Waals surface area contributed by atoms with Gasteiger partial charge in [0.2, 0.25) is 5.43 Å². The second-order valence-corrected chi connectivity index (χ2v) is 8.41. The van der Waals surface area contributed by atoms with Gasteiger partial charge in [-0.05, 0) is 32.4 Å². The molecule has 1 aromatic heterocycles. The number of aromatic carboxylic acids is 1. The Morgan fingerprint density at radius 1 is 1.30 bits per heavy atom. The first-order chi connectivity index (χ1) is 14.1. The van der Waals surface area contributed by atoms with Gasteiger partial charge in [0.05, 0.1) is 37.0 Å². The average molecular weight is 422 g/mol. The van der Waals surface area contributed by atoms with Gasteiger partial charge in [0.1, 0.15) is 5.56 Å². The number of carbonyl (C=O) groups is 1. The van der Waals surface area contributed by atoms with Gasteiger partial charge in [0.25, 0.3) is 0 Å². The van der Waals surface area contributed by atoms with E-state index in [1.807, 2.05) is 33.8 Å². The maximum absolute atomic E-state index is 12.8. The molecule has 30 heavy (non-hydrogen) atoms. The van der Waals surface area contributed by atoms with E-state index in [-0.39, 0.29) is 23.1 Å². The number of nitrogens with zero attached hydrogens (tertiary/aromatic N) is 2. The summed E-state index contributed by atoms with van der Waals surface area (Å²) in [6.45, 7) is 9.24. The number of rotatable bonds is 4. The van der Waals surface area contributed by atoms with Gasteiger partial charge in [-0.3, -0.25) is 9.18 Å². The molecule has 1 aliphatic heterocycles. The van der Waals surface area contributed by atoms with Gasteiger partial charge < -0.3 is 24.4 Å². The molecule has 0 saturated carbocycles. The van der Waals surface area contributed by atoms with Crippen molar-refractivity contribution < 1.29 is 24.1 Å². The molecular formula is C22H31FN2O5. The fraction of sp³-hybridized carbons (Fsp3) is 0.545. The van der Waals surface area contributed by atoms with Crippen LogP contribution in [0.4, 0.5) is 10.1 Å². The maximum Gasteiger partial charge on any atom is 0.341 e. The minimum Gasteiger partial charge on any atom is -0.492 e. The molecule has 166 valence electrons. The van der Waals surface area contributed by atoms with Crippen molar-refractivity contribution in [2.75, 3.05) is 32.3 Å². The number of ether oxygens (including phenoxy) is 1. The molecule has 3 rings (SSSR count). The van der Waals surface area contributed by atoms with Crippen LogP contribution in [0.1, 0.15) is 50.5 Å². The van der Waals surface area contributed by atoms with E-state index in [2.05, 4.69) is 4.90 Å². The topological polar surface area (TPSA) is 92.0 Å². The van der Waals surface area contributed by atoms with E-state index in [4.69, 9.17) is 4.74 Å². The zero-order valence-electron chi connectivity index (χ0n) is 18.4. The number of hydrogen-bond acceptors (Lipinski definition) is 5. The SMILES string of the molecule is CF.COc1c(N2CCC(O)C(C)(C)C2)ccc2c(=O)c(C(=O)O)cn(C(C)C)c12. The van der Waals surface area contributed by atoms with Crippen LogP contribution in [-0.4, -0.2) is 54.2 Å². The predicted molar refractivity (Wildman–Crippen MR) is 116 cm³/mol. The molecular weight excluding hydrogens is 391 g/mol. The summed E-state index contributed by atoms with van der Waals surface area (Å²) >= 11 is 0. The van der Waals surface area contributed by atoms with E-state index >= 15 is 0 Å². The number of carboxylic acids is 1. The van der Waals surface area contributed by atoms with E-state index < -0.39 is 11.4 Å². The summed E-state index contributed by atoms with van der Waals surface area (Å²) in [5, 5.41) is 20.0. The first kappa shape index (κ1) is 23.7. The lowest BCUT2D eigenvalue weighted by Crippen LogP contribution is -2.48. The van der Waals surface area contributed by atoms with Crippen LogP contribution >= 0.6 is 0 Å². The van der Waals surface area contributed by atoms with Crippen LogP contribution in [0.15, 0.2) is 23.1 Å². The highest BCUT2D eigenvalue weighted by atomic mass is 19.1. The highest BCUT2D eigenvalue weighted by Gasteiger charge is 2.36. The highest BCUT2D eigenvalue weighted by molar-refractivity contribution is 5.96. The smallest absolute Gasteiger partial charge is 0.341 e. The lowest BCUT2D eigenvalue weighted by molar-refractivity contribution is 0.0335. The number of hydrogen-bond donors (Lipinski definition) is 2. The zero-order valence-corrected chi connectivity index (χ0v) is 18.4. The molecule has 1 aromatic carbocycles. The van der Waals surface area contributed by atoms with Gasteiger partial charge in [-0.25, -0.2) is 4.79 Å². The zero-order chi connectivity index (χ0) is 22.8. The predicted octanol–water partition coefficient (Wildman–Crippen LogP) is 3.47. The Balaban J connectivity index is 0.00000155. The summed E-state index contributed by atoms with van der Waals surface area (Å²) < 4.78 is 17.0. The van der Waals surface area contributed by atoms with Crippen molar-refractivity contribution in [3.8, 4) is 5.75 Å². The number of halogens is 1. The molecule has 1 unspecified atom stereocenters. The van der Waals surface area contributed by atoms with Crippen molar-refractivity contribution in [2.45, 2.75) is 46.3 Å². The molecule has 1 aliphatic rings. The quantitative estimate of drug-likeness (QED) is 0.784. The number of methoxy groups -OCH3 is 1. The Morgan fingerprint density at radius 2 is 1.93 bits per heavy atom. The second kappa shape index (κ2) is 9.04. The molecule has 7 nitrogen and oxygen atoms in total. The van der Waals surface area contributed by atoms with Gasteiger partial charge in [0, 0.05) is 30.7 Å². The van der Waals surface area contributed by atoms with E-state index in [1.165, 1.54) is 6.20 Å². The Labute approximate surface area is 175 Å². The number of benzene rings is 1. The monoisotopic (exact) mass is 422 g/mol. The summed E-state index contributed by atoms with van der Waals surface area (Å²) in [4.78, 5) is 26.4. The molecule has 0 aliphatic carbocycles. The van der Waals surface area contributed by atoms with Gasteiger partial charge >= 0.3 is 5.97 Å². The molecule has 0 radical (unpaired) electrons. The maximum atomic E-state index is 12.8. The second-order valence-electron chi connectivity index (χ2n) is 8.41. The molecule has 2 aromatic rings. The van der Waals surface area contributed by atoms with E-state index in [0.717, 1.165) is 5.69 Å². The van der Waals surface area contributed by atoms with Crippen LogP contribution in [-0.2, 0) is 0 Å². The molecule has 8 heteroatoms. The highest BCUT2D eigenvalue weighted by Crippen LogP contribution is 2.40. The first-order valence-corrected chi connectivity index (χ1v) is 9.88. The minimum atomic E-state index is -1.24. The standard InChI is InChI=1S/C21H28N2O5.CH3F/c1-12(2)23-10-14(20(26)27)18(25)13-6-7-15(19(28-5)17(13)23)22-9-8-16(24)21(3,4)11-22;1-2/h6-7,10,12,16,24H,8-9,11H2,1-5H3,(H,26,27);1H3. The molecule has 0 spiro atoms. The number of aliphatic hydroxyl groups is 1. The van der Waals surface area contributed by atoms with Crippen molar-refractivity contribution in [3.05, 3.63) is 34.1 Å². The first-order valence-electron chi connectivity index (χ1n) is 9.88. The van der Waals surface area contributed by atoms with Crippen LogP contribution < -0.4 is 15.1 Å². The summed E-state index contributed by atoms with van der Waals surface area (Å²) in [7, 11) is 2.06. The van der Waals surface area contributed by atoms with Gasteiger partial charge in [0.15, 0.2) is 5.75 Å². The van der Waals surface area contributed by atoms with E-state index in [1.54, 1.807) is 17.7 Å². The van der Waals surface area contributed by atoms with Gasteiger partial charge in [-0.2, -0.15) is 0 Å². The third kappa shape index (κ3) is 4.14. The number of pyridine rings is 1. The third-order valence-corrected chi connectivity index (χ3v) is 5.63. The minimum absolute atomic E-state index is 0.0648. The number of fused-ring (bicyclic) bond motifs is 1. The van der Waals surface area contributed by atoms with Crippen molar-refractivity contribution in [1.29, 1.82) is 0 Å². The van der Waals surface area contributed by atoms with Crippen LogP contribution in [0, 0.1) is 5.41 Å².